The van der Waals surface area contributed by atoms with Gasteiger partial charge >= 0.3 is 0 Å². The Labute approximate surface area is 102 Å². The third-order valence-corrected chi connectivity index (χ3v) is 3.59. The van der Waals surface area contributed by atoms with E-state index in [1.165, 1.54) is 0 Å². The van der Waals surface area contributed by atoms with Gasteiger partial charge in [0.15, 0.2) is 5.76 Å². The lowest BCUT2D eigenvalue weighted by Gasteiger charge is -2.39. The smallest absolute Gasteiger partial charge is 0.290 e. The van der Waals surface area contributed by atoms with E-state index in [1.54, 1.807) is 6.26 Å². The molecule has 0 bridgehead atoms. The molecule has 1 fully saturated rings. The molecular weight excluding hydrogens is 216 g/mol. The van der Waals surface area contributed by atoms with Crippen LogP contribution < -0.4 is 5.73 Å². The Balaban J connectivity index is 2.24. The van der Waals surface area contributed by atoms with Crippen molar-refractivity contribution in [3.05, 3.63) is 23.7 Å². The highest BCUT2D eigenvalue weighted by Gasteiger charge is 2.33. The maximum absolute atomic E-state index is 12.4. The van der Waals surface area contributed by atoms with Crippen molar-refractivity contribution in [3.63, 3.8) is 0 Å². The maximum atomic E-state index is 12.4. The summed E-state index contributed by atoms with van der Waals surface area (Å²) in [5.41, 5.74) is 6.65. The van der Waals surface area contributed by atoms with Gasteiger partial charge in [0.2, 0.25) is 0 Å². The number of amides is 1. The van der Waals surface area contributed by atoms with Crippen molar-refractivity contribution in [1.29, 1.82) is 0 Å². The van der Waals surface area contributed by atoms with Crippen molar-refractivity contribution >= 4 is 5.91 Å². The van der Waals surface area contributed by atoms with E-state index in [2.05, 4.69) is 6.92 Å². The number of likely N-dealkylation sites (tertiary alicyclic amines) is 1. The molecule has 2 N–H and O–H groups in total. The maximum Gasteiger partial charge on any atom is 0.290 e. The fraction of sp³-hybridized carbons (Fsp3) is 0.615. The minimum Gasteiger partial charge on any atom is -0.459 e. The van der Waals surface area contributed by atoms with Crippen LogP contribution in [0.3, 0.4) is 0 Å². The molecule has 2 unspecified atom stereocenters. The van der Waals surface area contributed by atoms with Gasteiger partial charge in [0.05, 0.1) is 6.26 Å². The predicted molar refractivity (Wildman–Crippen MR) is 65.8 cm³/mol. The van der Waals surface area contributed by atoms with Crippen LogP contribution in [0.1, 0.15) is 42.3 Å². The van der Waals surface area contributed by atoms with Crippen LogP contribution in [-0.2, 0) is 0 Å². The standard InChI is InChI=1S/C13H20N2O2/c1-9-6-7-17-12(9)13(16)15-10(2)4-3-5-11(15)8-14/h6-7,10-11H,3-5,8,14H2,1-2H3. The van der Waals surface area contributed by atoms with E-state index < -0.39 is 0 Å². The molecular formula is C13H20N2O2. The highest BCUT2D eigenvalue weighted by molar-refractivity contribution is 5.93. The molecule has 2 atom stereocenters. The van der Waals surface area contributed by atoms with Gasteiger partial charge in [-0.1, -0.05) is 0 Å². The average molecular weight is 236 g/mol. The summed E-state index contributed by atoms with van der Waals surface area (Å²) in [6.45, 7) is 4.50. The van der Waals surface area contributed by atoms with Gasteiger partial charge < -0.3 is 15.1 Å². The van der Waals surface area contributed by atoms with Gasteiger partial charge in [-0.2, -0.15) is 0 Å². The van der Waals surface area contributed by atoms with Crippen LogP contribution in [0.4, 0.5) is 0 Å². The first-order chi connectivity index (χ1) is 8.15. The molecule has 2 rings (SSSR count). The van der Waals surface area contributed by atoms with Crippen LogP contribution in [0.2, 0.25) is 0 Å². The summed E-state index contributed by atoms with van der Waals surface area (Å²) in [4.78, 5) is 14.3. The Morgan fingerprint density at radius 2 is 2.35 bits per heavy atom. The van der Waals surface area contributed by atoms with Crippen molar-refractivity contribution < 1.29 is 9.21 Å². The molecule has 1 aliphatic rings. The quantitative estimate of drug-likeness (QED) is 0.853. The Kier molecular flexibility index (Phi) is 3.52. The van der Waals surface area contributed by atoms with Crippen LogP contribution in [0.15, 0.2) is 16.7 Å². The fourth-order valence-corrected chi connectivity index (χ4v) is 2.59. The van der Waals surface area contributed by atoms with Crippen molar-refractivity contribution in [2.45, 2.75) is 45.2 Å². The van der Waals surface area contributed by atoms with Crippen molar-refractivity contribution in [2.75, 3.05) is 6.54 Å². The molecule has 1 aromatic rings. The molecule has 1 saturated heterocycles. The zero-order valence-electron chi connectivity index (χ0n) is 10.5. The number of hydrogen-bond donors (Lipinski definition) is 1. The van der Waals surface area contributed by atoms with E-state index in [4.69, 9.17) is 10.2 Å². The molecule has 4 nitrogen and oxygen atoms in total. The second kappa shape index (κ2) is 4.92. The number of nitrogens with two attached hydrogens (primary N) is 1. The Hall–Kier alpha value is -1.29. The number of aryl methyl sites for hydroxylation is 1. The van der Waals surface area contributed by atoms with E-state index in [0.29, 0.717) is 12.3 Å². The summed E-state index contributed by atoms with van der Waals surface area (Å²) in [6.07, 6.45) is 4.74. The lowest BCUT2D eigenvalue weighted by Crippen LogP contribution is -2.51. The largest absolute Gasteiger partial charge is 0.459 e. The van der Waals surface area contributed by atoms with Crippen molar-refractivity contribution in [1.82, 2.24) is 4.90 Å². The molecule has 2 heterocycles. The number of piperidine rings is 1. The molecule has 0 aromatic carbocycles. The van der Waals surface area contributed by atoms with Crippen molar-refractivity contribution in [2.24, 2.45) is 5.73 Å². The lowest BCUT2D eigenvalue weighted by molar-refractivity contribution is 0.0461. The molecule has 0 aliphatic carbocycles. The first kappa shape index (κ1) is 12.2. The van der Waals surface area contributed by atoms with Gasteiger partial charge in [-0.25, -0.2) is 0 Å². The topological polar surface area (TPSA) is 59.5 Å². The fourth-order valence-electron chi connectivity index (χ4n) is 2.59. The van der Waals surface area contributed by atoms with E-state index >= 15 is 0 Å². The molecule has 94 valence electrons. The van der Waals surface area contributed by atoms with Crippen LogP contribution in [-0.4, -0.2) is 29.4 Å². The molecule has 0 saturated carbocycles. The number of nitrogens with zero attached hydrogens (tertiary/aromatic N) is 1. The Morgan fingerprint density at radius 1 is 1.59 bits per heavy atom. The molecule has 4 heteroatoms. The minimum absolute atomic E-state index is 0.0184. The SMILES string of the molecule is Cc1ccoc1C(=O)N1C(C)CCCC1CN. The highest BCUT2D eigenvalue weighted by atomic mass is 16.3. The molecule has 1 aromatic heterocycles. The molecule has 0 spiro atoms. The third-order valence-electron chi connectivity index (χ3n) is 3.59. The number of furan rings is 1. The van der Waals surface area contributed by atoms with Gasteiger partial charge in [0, 0.05) is 24.2 Å². The Morgan fingerprint density at radius 3 is 2.94 bits per heavy atom. The molecule has 1 aliphatic heterocycles. The normalized spacial score (nSPS) is 25.0. The van der Waals surface area contributed by atoms with Gasteiger partial charge in [-0.15, -0.1) is 0 Å². The predicted octanol–water partition coefficient (Wildman–Crippen LogP) is 1.93. The molecule has 1 amide bonds. The van der Waals surface area contributed by atoms with Crippen LogP contribution in [0.25, 0.3) is 0 Å². The lowest BCUT2D eigenvalue weighted by atomic mass is 9.96. The molecule has 0 radical (unpaired) electrons. The van der Waals surface area contributed by atoms with Crippen LogP contribution in [0.5, 0.6) is 0 Å². The summed E-state index contributed by atoms with van der Waals surface area (Å²) >= 11 is 0. The summed E-state index contributed by atoms with van der Waals surface area (Å²) in [5, 5.41) is 0. The third kappa shape index (κ3) is 2.22. The van der Waals surface area contributed by atoms with E-state index in [9.17, 15) is 4.79 Å². The van der Waals surface area contributed by atoms with E-state index in [0.717, 1.165) is 24.8 Å². The zero-order valence-corrected chi connectivity index (χ0v) is 10.5. The van der Waals surface area contributed by atoms with Crippen LogP contribution in [0, 0.1) is 6.92 Å². The second-order valence-corrected chi connectivity index (χ2v) is 4.81. The number of carbonyl (C=O) groups excluding carboxylic acids is 1. The number of rotatable bonds is 2. The zero-order chi connectivity index (χ0) is 12.4. The summed E-state index contributed by atoms with van der Waals surface area (Å²) in [7, 11) is 0. The number of carbonyl (C=O) groups is 1. The Bertz CT molecular complexity index is 400. The monoisotopic (exact) mass is 236 g/mol. The van der Waals surface area contributed by atoms with Crippen molar-refractivity contribution in [3.8, 4) is 0 Å². The summed E-state index contributed by atoms with van der Waals surface area (Å²) in [6, 6.07) is 2.21. The van der Waals surface area contributed by atoms with Gasteiger partial charge in [0.1, 0.15) is 0 Å². The minimum atomic E-state index is -0.0184. The number of hydrogen-bond acceptors (Lipinski definition) is 3. The summed E-state index contributed by atoms with van der Waals surface area (Å²) < 4.78 is 5.29. The first-order valence-electron chi connectivity index (χ1n) is 6.22. The highest BCUT2D eigenvalue weighted by Crippen LogP contribution is 2.25. The van der Waals surface area contributed by atoms with Gasteiger partial charge in [-0.3, -0.25) is 4.79 Å². The van der Waals surface area contributed by atoms with Crippen LogP contribution >= 0.6 is 0 Å². The van der Waals surface area contributed by atoms with Gasteiger partial charge in [0.25, 0.3) is 5.91 Å². The summed E-state index contributed by atoms with van der Waals surface area (Å²) in [5.74, 6) is 0.437. The first-order valence-corrected chi connectivity index (χ1v) is 6.22. The average Bonchev–Trinajstić information content (AvgIpc) is 2.74. The van der Waals surface area contributed by atoms with Gasteiger partial charge in [-0.05, 0) is 39.2 Å². The second-order valence-electron chi connectivity index (χ2n) is 4.81. The van der Waals surface area contributed by atoms with E-state index in [1.807, 2.05) is 17.9 Å². The molecule has 17 heavy (non-hydrogen) atoms. The van der Waals surface area contributed by atoms with E-state index in [-0.39, 0.29) is 18.0 Å².